The molecule has 0 spiro atoms. The van der Waals surface area contributed by atoms with E-state index >= 15 is 0 Å². The molecule has 1 aliphatic carbocycles. The molecule has 1 aromatic heterocycles. The number of carbonyl (C=O) groups excluding carboxylic acids is 1. The Labute approximate surface area is 113 Å². The molecule has 3 heteroatoms. The van der Waals surface area contributed by atoms with E-state index in [1.807, 2.05) is 30.3 Å². The maximum atomic E-state index is 12.3. The van der Waals surface area contributed by atoms with Crippen molar-refractivity contribution in [3.05, 3.63) is 42.1 Å². The highest BCUT2D eigenvalue weighted by Gasteiger charge is 2.45. The van der Waals surface area contributed by atoms with E-state index in [1.165, 1.54) is 6.42 Å². The summed E-state index contributed by atoms with van der Waals surface area (Å²) in [6, 6.07) is 9.47. The van der Waals surface area contributed by atoms with E-state index < -0.39 is 0 Å². The molecule has 0 radical (unpaired) electrons. The lowest BCUT2D eigenvalue weighted by Crippen LogP contribution is -2.26. The topological polar surface area (TPSA) is 42.0 Å². The second-order valence-corrected chi connectivity index (χ2v) is 5.98. The third-order valence-corrected chi connectivity index (χ3v) is 4.12. The fourth-order valence-electron chi connectivity index (χ4n) is 2.54. The van der Waals surface area contributed by atoms with Gasteiger partial charge in [0, 0.05) is 23.7 Å². The van der Waals surface area contributed by atoms with Crippen LogP contribution in [0, 0.1) is 11.3 Å². The van der Waals surface area contributed by atoms with Crippen LogP contribution in [-0.4, -0.2) is 17.4 Å². The monoisotopic (exact) mass is 254 g/mol. The second kappa shape index (κ2) is 4.34. The van der Waals surface area contributed by atoms with Crippen molar-refractivity contribution >= 4 is 16.8 Å². The Balaban J connectivity index is 1.78. The van der Waals surface area contributed by atoms with Crippen LogP contribution in [-0.2, 0) is 0 Å². The summed E-state index contributed by atoms with van der Waals surface area (Å²) in [5.41, 5.74) is 1.97. The number of rotatable bonds is 3. The van der Waals surface area contributed by atoms with Gasteiger partial charge >= 0.3 is 0 Å². The first kappa shape index (κ1) is 12.2. The Hall–Kier alpha value is -1.90. The van der Waals surface area contributed by atoms with Crippen LogP contribution in [0.3, 0.4) is 0 Å². The predicted octanol–water partition coefficient (Wildman–Crippen LogP) is 3.01. The van der Waals surface area contributed by atoms with Crippen molar-refractivity contribution in [3.8, 4) is 0 Å². The van der Waals surface area contributed by atoms with Crippen LogP contribution in [0.15, 0.2) is 36.5 Å². The minimum Gasteiger partial charge on any atom is -0.352 e. The van der Waals surface area contributed by atoms with Crippen molar-refractivity contribution in [3.63, 3.8) is 0 Å². The standard InChI is InChI=1S/C16H18N2O/c1-16(2)9-11(16)10-18-15(19)13-5-3-7-14-12(13)6-4-8-17-14/h3-8,11H,9-10H2,1-2H3,(H,18,19). The van der Waals surface area contributed by atoms with Gasteiger partial charge in [-0.05, 0) is 36.0 Å². The Morgan fingerprint density at radius 3 is 2.89 bits per heavy atom. The zero-order valence-corrected chi connectivity index (χ0v) is 11.3. The largest absolute Gasteiger partial charge is 0.352 e. The smallest absolute Gasteiger partial charge is 0.251 e. The number of nitrogens with one attached hydrogen (secondary N) is 1. The maximum Gasteiger partial charge on any atom is 0.251 e. The van der Waals surface area contributed by atoms with E-state index in [0.29, 0.717) is 16.9 Å². The van der Waals surface area contributed by atoms with Crippen molar-refractivity contribution in [2.24, 2.45) is 11.3 Å². The van der Waals surface area contributed by atoms with Gasteiger partial charge in [0.05, 0.1) is 5.52 Å². The van der Waals surface area contributed by atoms with Crippen molar-refractivity contribution in [1.29, 1.82) is 0 Å². The van der Waals surface area contributed by atoms with Crippen LogP contribution in [0.2, 0.25) is 0 Å². The van der Waals surface area contributed by atoms with E-state index in [2.05, 4.69) is 24.1 Å². The van der Waals surface area contributed by atoms with Gasteiger partial charge in [0.15, 0.2) is 0 Å². The lowest BCUT2D eigenvalue weighted by molar-refractivity contribution is 0.0952. The number of fused-ring (bicyclic) bond motifs is 1. The van der Waals surface area contributed by atoms with Crippen LogP contribution in [0.25, 0.3) is 10.9 Å². The SMILES string of the molecule is CC1(C)CC1CNC(=O)c1cccc2ncccc12. The normalized spacial score (nSPS) is 20.2. The zero-order valence-electron chi connectivity index (χ0n) is 11.3. The molecule has 0 aliphatic heterocycles. The minimum atomic E-state index is 0.00120. The van der Waals surface area contributed by atoms with E-state index in [-0.39, 0.29) is 5.91 Å². The molecular formula is C16H18N2O. The fraction of sp³-hybridized carbons (Fsp3) is 0.375. The molecule has 1 heterocycles. The summed E-state index contributed by atoms with van der Waals surface area (Å²) >= 11 is 0. The Morgan fingerprint density at radius 1 is 1.37 bits per heavy atom. The van der Waals surface area contributed by atoms with Gasteiger partial charge in [-0.2, -0.15) is 0 Å². The number of hydrogen-bond donors (Lipinski definition) is 1. The maximum absolute atomic E-state index is 12.3. The number of carbonyl (C=O) groups is 1. The number of benzene rings is 1. The van der Waals surface area contributed by atoms with Crippen LogP contribution >= 0.6 is 0 Å². The predicted molar refractivity (Wildman–Crippen MR) is 76.0 cm³/mol. The highest BCUT2D eigenvalue weighted by Crippen LogP contribution is 2.50. The summed E-state index contributed by atoms with van der Waals surface area (Å²) in [6.45, 7) is 5.25. The van der Waals surface area contributed by atoms with Gasteiger partial charge in [-0.1, -0.05) is 26.0 Å². The van der Waals surface area contributed by atoms with E-state index in [9.17, 15) is 4.79 Å². The Morgan fingerprint density at radius 2 is 2.16 bits per heavy atom. The van der Waals surface area contributed by atoms with Crippen LogP contribution in [0.1, 0.15) is 30.6 Å². The molecule has 0 saturated heterocycles. The van der Waals surface area contributed by atoms with E-state index in [0.717, 1.165) is 17.4 Å². The molecule has 1 fully saturated rings. The van der Waals surface area contributed by atoms with Gasteiger partial charge in [-0.15, -0.1) is 0 Å². The first-order chi connectivity index (χ1) is 9.08. The van der Waals surface area contributed by atoms with Crippen molar-refractivity contribution < 1.29 is 4.79 Å². The Kier molecular flexibility index (Phi) is 2.77. The minimum absolute atomic E-state index is 0.00120. The number of aromatic nitrogens is 1. The van der Waals surface area contributed by atoms with Crippen molar-refractivity contribution in [1.82, 2.24) is 10.3 Å². The van der Waals surface area contributed by atoms with Crippen LogP contribution in [0.4, 0.5) is 0 Å². The van der Waals surface area contributed by atoms with Crippen LogP contribution in [0.5, 0.6) is 0 Å². The first-order valence-electron chi connectivity index (χ1n) is 6.70. The van der Waals surface area contributed by atoms with Gasteiger partial charge in [-0.25, -0.2) is 0 Å². The summed E-state index contributed by atoms with van der Waals surface area (Å²) in [5.74, 6) is 0.617. The zero-order chi connectivity index (χ0) is 13.5. The summed E-state index contributed by atoms with van der Waals surface area (Å²) in [7, 11) is 0. The van der Waals surface area contributed by atoms with E-state index in [4.69, 9.17) is 0 Å². The molecule has 0 bridgehead atoms. The van der Waals surface area contributed by atoms with Crippen molar-refractivity contribution in [2.45, 2.75) is 20.3 Å². The summed E-state index contributed by atoms with van der Waals surface area (Å²) < 4.78 is 0. The average Bonchev–Trinajstić information content (AvgIpc) is 3.03. The Bertz CT molecular complexity index is 628. The summed E-state index contributed by atoms with van der Waals surface area (Å²) in [4.78, 5) is 16.5. The van der Waals surface area contributed by atoms with Gasteiger partial charge in [0.1, 0.15) is 0 Å². The molecule has 1 atom stereocenters. The number of amides is 1. The molecule has 1 saturated carbocycles. The summed E-state index contributed by atoms with van der Waals surface area (Å²) in [6.07, 6.45) is 2.95. The molecule has 2 aromatic rings. The number of pyridine rings is 1. The molecule has 1 aromatic carbocycles. The lowest BCUT2D eigenvalue weighted by Gasteiger charge is -2.08. The fourth-order valence-corrected chi connectivity index (χ4v) is 2.54. The third-order valence-electron chi connectivity index (χ3n) is 4.12. The van der Waals surface area contributed by atoms with Gasteiger partial charge in [-0.3, -0.25) is 9.78 Å². The van der Waals surface area contributed by atoms with Crippen molar-refractivity contribution in [2.75, 3.05) is 6.54 Å². The molecule has 1 aliphatic rings. The molecule has 98 valence electrons. The molecule has 3 rings (SSSR count). The van der Waals surface area contributed by atoms with Gasteiger partial charge in [0.2, 0.25) is 0 Å². The van der Waals surface area contributed by atoms with Gasteiger partial charge in [0.25, 0.3) is 5.91 Å². The molecule has 3 nitrogen and oxygen atoms in total. The highest BCUT2D eigenvalue weighted by atomic mass is 16.1. The molecule has 1 N–H and O–H groups in total. The van der Waals surface area contributed by atoms with Gasteiger partial charge < -0.3 is 5.32 Å². The first-order valence-corrected chi connectivity index (χ1v) is 6.70. The lowest BCUT2D eigenvalue weighted by atomic mass is 10.1. The second-order valence-electron chi connectivity index (χ2n) is 5.98. The molecular weight excluding hydrogens is 236 g/mol. The molecule has 19 heavy (non-hydrogen) atoms. The van der Waals surface area contributed by atoms with Crippen LogP contribution < -0.4 is 5.32 Å². The molecule has 1 unspecified atom stereocenters. The summed E-state index contributed by atoms with van der Waals surface area (Å²) in [5, 5.41) is 3.96. The van der Waals surface area contributed by atoms with E-state index in [1.54, 1.807) is 6.20 Å². The quantitative estimate of drug-likeness (QED) is 0.914. The third kappa shape index (κ3) is 2.33. The number of hydrogen-bond acceptors (Lipinski definition) is 2. The highest BCUT2D eigenvalue weighted by molar-refractivity contribution is 6.06. The average molecular weight is 254 g/mol. The molecule has 1 amide bonds. The number of nitrogens with zero attached hydrogens (tertiary/aromatic N) is 1.